The number of nitrogens with two attached hydrogens (primary N) is 1. The van der Waals surface area contributed by atoms with Crippen LogP contribution in [0.5, 0.6) is 0 Å². The summed E-state index contributed by atoms with van der Waals surface area (Å²) < 4.78 is 0.616. The van der Waals surface area contributed by atoms with E-state index >= 15 is 0 Å². The molecule has 0 unspecified atom stereocenters. The highest BCUT2D eigenvalue weighted by molar-refractivity contribution is 9.10. The Morgan fingerprint density at radius 3 is 2.85 bits per heavy atom. The summed E-state index contributed by atoms with van der Waals surface area (Å²) in [5, 5.41) is 1.36. The van der Waals surface area contributed by atoms with Gasteiger partial charge in [-0.1, -0.05) is 11.6 Å². The van der Waals surface area contributed by atoms with E-state index in [9.17, 15) is 0 Å². The van der Waals surface area contributed by atoms with Gasteiger partial charge in [-0.3, -0.25) is 0 Å². The molecule has 0 spiro atoms. The van der Waals surface area contributed by atoms with Gasteiger partial charge < -0.3 is 5.73 Å². The van der Waals surface area contributed by atoms with E-state index in [4.69, 9.17) is 17.3 Å². The predicted octanol–water partition coefficient (Wildman–Crippen LogP) is 2.63. The van der Waals surface area contributed by atoms with Crippen molar-refractivity contribution in [1.82, 2.24) is 9.97 Å². The Hall–Kier alpha value is -0.870. The third kappa shape index (κ3) is 1.59. The molecule has 0 aliphatic rings. The molecule has 0 aliphatic carbocycles. The molecule has 5 heteroatoms. The topological polar surface area (TPSA) is 51.8 Å². The van der Waals surface area contributed by atoms with Gasteiger partial charge in [-0.05, 0) is 34.1 Å². The minimum absolute atomic E-state index is 0.444. The number of halogens is 2. The largest absolute Gasteiger partial charge is 0.384 e. The van der Waals surface area contributed by atoms with Crippen molar-refractivity contribution in [3.05, 3.63) is 28.0 Å². The van der Waals surface area contributed by atoms with Crippen LogP contribution in [0, 0.1) is 0 Å². The number of nitrogens with zero attached hydrogens (tertiary/aromatic N) is 2. The van der Waals surface area contributed by atoms with Crippen LogP contribution in [0.4, 0.5) is 5.82 Å². The van der Waals surface area contributed by atoms with Gasteiger partial charge in [0.25, 0.3) is 0 Å². The molecule has 0 bridgehead atoms. The summed E-state index contributed by atoms with van der Waals surface area (Å²) in [5.41, 5.74) is 6.28. The SMILES string of the molecule is Nc1cc2ccc(Cl)nc2c(Br)n1. The second-order valence-electron chi connectivity index (χ2n) is 2.54. The lowest BCUT2D eigenvalue weighted by atomic mass is 10.2. The molecule has 66 valence electrons. The van der Waals surface area contributed by atoms with E-state index in [1.807, 2.05) is 6.07 Å². The quantitative estimate of drug-likeness (QED) is 0.739. The number of rotatable bonds is 0. The average Bonchev–Trinajstić information content (AvgIpc) is 2.06. The highest BCUT2D eigenvalue weighted by Crippen LogP contribution is 2.23. The number of nitrogen functional groups attached to an aromatic ring is 1. The molecule has 0 aliphatic heterocycles. The molecular weight excluding hydrogens is 253 g/mol. The maximum Gasteiger partial charge on any atom is 0.134 e. The van der Waals surface area contributed by atoms with Gasteiger partial charge in [-0.15, -0.1) is 0 Å². The summed E-state index contributed by atoms with van der Waals surface area (Å²) in [6.07, 6.45) is 0. The third-order valence-electron chi connectivity index (χ3n) is 1.62. The highest BCUT2D eigenvalue weighted by atomic mass is 79.9. The lowest BCUT2D eigenvalue weighted by Gasteiger charge is -2.00. The van der Waals surface area contributed by atoms with Crippen molar-refractivity contribution < 1.29 is 0 Å². The first-order chi connectivity index (χ1) is 6.16. The van der Waals surface area contributed by atoms with E-state index in [0.717, 1.165) is 10.9 Å². The molecule has 0 saturated heterocycles. The fraction of sp³-hybridized carbons (Fsp3) is 0. The lowest BCUT2D eigenvalue weighted by molar-refractivity contribution is 1.28. The van der Waals surface area contributed by atoms with Crippen LogP contribution in [0.3, 0.4) is 0 Å². The minimum Gasteiger partial charge on any atom is -0.384 e. The van der Waals surface area contributed by atoms with E-state index in [2.05, 4.69) is 25.9 Å². The van der Waals surface area contributed by atoms with Crippen molar-refractivity contribution in [2.45, 2.75) is 0 Å². The van der Waals surface area contributed by atoms with Crippen molar-refractivity contribution in [1.29, 1.82) is 0 Å². The highest BCUT2D eigenvalue weighted by Gasteiger charge is 2.03. The molecule has 2 rings (SSSR count). The Balaban J connectivity index is 2.87. The third-order valence-corrected chi connectivity index (χ3v) is 2.38. The number of aromatic nitrogens is 2. The molecule has 0 atom stereocenters. The van der Waals surface area contributed by atoms with E-state index in [0.29, 0.717) is 15.6 Å². The van der Waals surface area contributed by atoms with Crippen molar-refractivity contribution in [3.8, 4) is 0 Å². The lowest BCUT2D eigenvalue weighted by Crippen LogP contribution is -1.92. The molecule has 2 heterocycles. The Morgan fingerprint density at radius 1 is 1.31 bits per heavy atom. The Morgan fingerprint density at radius 2 is 2.08 bits per heavy atom. The molecule has 0 amide bonds. The van der Waals surface area contributed by atoms with Crippen LogP contribution in [0.2, 0.25) is 5.15 Å². The van der Waals surface area contributed by atoms with Crippen molar-refractivity contribution in [2.24, 2.45) is 0 Å². The monoisotopic (exact) mass is 257 g/mol. The van der Waals surface area contributed by atoms with Crippen molar-refractivity contribution in [2.75, 3.05) is 5.73 Å². The van der Waals surface area contributed by atoms with Gasteiger partial charge in [0.15, 0.2) is 0 Å². The second-order valence-corrected chi connectivity index (χ2v) is 3.68. The normalized spacial score (nSPS) is 10.6. The number of pyridine rings is 2. The summed E-state index contributed by atoms with van der Waals surface area (Å²) >= 11 is 9.01. The van der Waals surface area contributed by atoms with Crippen LogP contribution < -0.4 is 5.73 Å². The van der Waals surface area contributed by atoms with Gasteiger partial charge >= 0.3 is 0 Å². The zero-order valence-electron chi connectivity index (χ0n) is 6.46. The molecule has 0 aromatic carbocycles. The maximum absolute atomic E-state index is 5.74. The number of fused-ring (bicyclic) bond motifs is 1. The second kappa shape index (κ2) is 3.12. The van der Waals surface area contributed by atoms with Crippen molar-refractivity contribution in [3.63, 3.8) is 0 Å². The average molecular weight is 259 g/mol. The Labute approximate surface area is 88.1 Å². The van der Waals surface area contributed by atoms with Gasteiger partial charge in [0.05, 0.1) is 0 Å². The molecule has 0 saturated carbocycles. The van der Waals surface area contributed by atoms with E-state index < -0.39 is 0 Å². The van der Waals surface area contributed by atoms with Crippen LogP contribution in [0.15, 0.2) is 22.8 Å². The molecular formula is C8H5BrClN3. The first-order valence-electron chi connectivity index (χ1n) is 3.55. The summed E-state index contributed by atoms with van der Waals surface area (Å²) in [5.74, 6) is 0.462. The van der Waals surface area contributed by atoms with E-state index in [1.54, 1.807) is 12.1 Å². The zero-order chi connectivity index (χ0) is 9.42. The molecule has 0 fully saturated rings. The molecule has 2 N–H and O–H groups in total. The van der Waals surface area contributed by atoms with Gasteiger partial charge in [-0.2, -0.15) is 0 Å². The first-order valence-corrected chi connectivity index (χ1v) is 4.72. The summed E-state index contributed by atoms with van der Waals surface area (Å²) in [6.45, 7) is 0. The van der Waals surface area contributed by atoms with Crippen LogP contribution in [0.1, 0.15) is 0 Å². The van der Waals surface area contributed by atoms with Crippen molar-refractivity contribution >= 4 is 44.3 Å². The summed E-state index contributed by atoms with van der Waals surface area (Å²) in [7, 11) is 0. The Bertz CT molecular complexity index is 472. The predicted molar refractivity (Wildman–Crippen MR) is 56.7 cm³/mol. The Kier molecular flexibility index (Phi) is 2.09. The minimum atomic E-state index is 0.444. The number of hydrogen-bond acceptors (Lipinski definition) is 3. The standard InChI is InChI=1S/C8H5BrClN3/c9-8-7-4(3-6(11)13-8)1-2-5(10)12-7/h1-3H,(H2,11,13). The first kappa shape index (κ1) is 8.72. The van der Waals surface area contributed by atoms with Gasteiger partial charge in [0.2, 0.25) is 0 Å². The fourth-order valence-electron chi connectivity index (χ4n) is 1.09. The molecule has 13 heavy (non-hydrogen) atoms. The van der Waals surface area contributed by atoms with Gasteiger partial charge in [0.1, 0.15) is 21.1 Å². The molecule has 2 aromatic rings. The van der Waals surface area contributed by atoms with Crippen LogP contribution in [-0.4, -0.2) is 9.97 Å². The fourth-order valence-corrected chi connectivity index (χ4v) is 1.76. The number of anilines is 1. The summed E-state index contributed by atoms with van der Waals surface area (Å²) in [4.78, 5) is 8.13. The molecule has 0 radical (unpaired) electrons. The number of hydrogen-bond donors (Lipinski definition) is 1. The van der Waals surface area contributed by atoms with Crippen LogP contribution >= 0.6 is 27.5 Å². The molecule has 2 aromatic heterocycles. The maximum atomic E-state index is 5.74. The van der Waals surface area contributed by atoms with Gasteiger partial charge in [-0.25, -0.2) is 9.97 Å². The van der Waals surface area contributed by atoms with Gasteiger partial charge in [0, 0.05) is 5.39 Å². The van der Waals surface area contributed by atoms with E-state index in [-0.39, 0.29) is 0 Å². The van der Waals surface area contributed by atoms with Crippen LogP contribution in [0.25, 0.3) is 10.9 Å². The smallest absolute Gasteiger partial charge is 0.134 e. The van der Waals surface area contributed by atoms with Crippen LogP contribution in [-0.2, 0) is 0 Å². The molecule has 3 nitrogen and oxygen atoms in total. The van der Waals surface area contributed by atoms with E-state index in [1.165, 1.54) is 0 Å². The summed E-state index contributed by atoms with van der Waals surface area (Å²) in [6, 6.07) is 5.33. The zero-order valence-corrected chi connectivity index (χ0v) is 8.80.